The first-order valence-corrected chi connectivity index (χ1v) is 5.36. The Morgan fingerprint density at radius 1 is 1.25 bits per heavy atom. The summed E-state index contributed by atoms with van der Waals surface area (Å²) in [6.07, 6.45) is 1.09. The van der Waals surface area contributed by atoms with E-state index in [1.54, 1.807) is 6.07 Å². The lowest BCUT2D eigenvalue weighted by Gasteiger charge is -2.19. The van der Waals surface area contributed by atoms with E-state index in [-0.39, 0.29) is 0 Å². The highest BCUT2D eigenvalue weighted by Gasteiger charge is 2.03. The maximum Gasteiger partial charge on any atom is 0.142 e. The van der Waals surface area contributed by atoms with Crippen molar-refractivity contribution < 1.29 is 0 Å². The third-order valence-corrected chi connectivity index (χ3v) is 2.34. The summed E-state index contributed by atoms with van der Waals surface area (Å²) in [6, 6.07) is 7.56. The van der Waals surface area contributed by atoms with Crippen molar-refractivity contribution in [2.75, 3.05) is 39.1 Å². The van der Waals surface area contributed by atoms with Crippen LogP contribution in [0.15, 0.2) is 18.2 Å². The van der Waals surface area contributed by atoms with Gasteiger partial charge in [0.15, 0.2) is 0 Å². The Morgan fingerprint density at radius 3 is 2.62 bits per heavy atom. The largest absolute Gasteiger partial charge is 0.360 e. The van der Waals surface area contributed by atoms with Crippen LogP contribution >= 0.6 is 0 Å². The Balaban J connectivity index is 2.52. The summed E-state index contributed by atoms with van der Waals surface area (Å²) in [4.78, 5) is 8.47. The van der Waals surface area contributed by atoms with E-state index in [9.17, 15) is 0 Å². The predicted molar refractivity (Wildman–Crippen MR) is 65.4 cm³/mol. The number of hydrogen-bond acceptors (Lipinski definition) is 4. The first-order valence-electron chi connectivity index (χ1n) is 5.36. The van der Waals surface area contributed by atoms with E-state index in [1.807, 2.05) is 19.2 Å². The van der Waals surface area contributed by atoms with Crippen molar-refractivity contribution in [1.82, 2.24) is 9.88 Å². The lowest BCUT2D eigenvalue weighted by atomic mass is 10.3. The van der Waals surface area contributed by atoms with E-state index in [1.165, 1.54) is 0 Å². The van der Waals surface area contributed by atoms with Gasteiger partial charge in [-0.1, -0.05) is 6.07 Å². The second-order valence-corrected chi connectivity index (χ2v) is 4.07. The molecule has 4 heteroatoms. The molecule has 0 amide bonds. The Bertz CT molecular complexity index is 368. The monoisotopic (exact) mass is 218 g/mol. The van der Waals surface area contributed by atoms with Crippen molar-refractivity contribution >= 4 is 5.82 Å². The first-order chi connectivity index (χ1) is 7.63. The zero-order chi connectivity index (χ0) is 12.0. The fourth-order valence-corrected chi connectivity index (χ4v) is 1.44. The van der Waals surface area contributed by atoms with E-state index in [0.29, 0.717) is 5.69 Å². The maximum absolute atomic E-state index is 8.75. The molecule has 4 nitrogen and oxygen atoms in total. The Labute approximate surface area is 97.1 Å². The number of anilines is 1. The van der Waals surface area contributed by atoms with Crippen LogP contribution in [0.25, 0.3) is 0 Å². The molecule has 0 unspecified atom stereocenters. The molecule has 0 aromatic carbocycles. The summed E-state index contributed by atoms with van der Waals surface area (Å²) < 4.78 is 0. The molecule has 0 N–H and O–H groups in total. The van der Waals surface area contributed by atoms with Gasteiger partial charge in [0.25, 0.3) is 0 Å². The topological polar surface area (TPSA) is 43.2 Å². The lowest BCUT2D eigenvalue weighted by Crippen LogP contribution is -2.24. The van der Waals surface area contributed by atoms with Gasteiger partial charge in [0.2, 0.25) is 0 Å². The fraction of sp³-hybridized carbons (Fsp3) is 0.500. The number of nitrogens with zero attached hydrogens (tertiary/aromatic N) is 4. The van der Waals surface area contributed by atoms with Gasteiger partial charge in [0.05, 0.1) is 0 Å². The molecule has 86 valence electrons. The summed E-state index contributed by atoms with van der Waals surface area (Å²) in [5.41, 5.74) is 0.469. The van der Waals surface area contributed by atoms with Crippen LogP contribution < -0.4 is 4.90 Å². The maximum atomic E-state index is 8.75. The first kappa shape index (κ1) is 12.5. The highest BCUT2D eigenvalue weighted by Crippen LogP contribution is 2.09. The van der Waals surface area contributed by atoms with Gasteiger partial charge < -0.3 is 9.80 Å². The molecule has 1 rings (SSSR count). The van der Waals surface area contributed by atoms with Gasteiger partial charge >= 0.3 is 0 Å². The summed E-state index contributed by atoms with van der Waals surface area (Å²) in [6.45, 7) is 2.00. The summed E-state index contributed by atoms with van der Waals surface area (Å²) in [7, 11) is 6.13. The third kappa shape index (κ3) is 3.87. The molecule has 0 saturated heterocycles. The van der Waals surface area contributed by atoms with Crippen molar-refractivity contribution in [2.45, 2.75) is 6.42 Å². The minimum atomic E-state index is 0.469. The highest BCUT2D eigenvalue weighted by molar-refractivity contribution is 5.40. The molecule has 1 aromatic rings. The van der Waals surface area contributed by atoms with E-state index in [0.717, 1.165) is 25.3 Å². The van der Waals surface area contributed by atoms with Crippen LogP contribution in [0, 0.1) is 11.3 Å². The second kappa shape index (κ2) is 6.09. The fourth-order valence-electron chi connectivity index (χ4n) is 1.44. The highest BCUT2D eigenvalue weighted by atomic mass is 15.2. The summed E-state index contributed by atoms with van der Waals surface area (Å²) in [5, 5.41) is 8.75. The van der Waals surface area contributed by atoms with Crippen LogP contribution in [0.2, 0.25) is 0 Å². The van der Waals surface area contributed by atoms with Crippen LogP contribution in [0.4, 0.5) is 5.82 Å². The summed E-state index contributed by atoms with van der Waals surface area (Å²) in [5.74, 6) is 0.859. The third-order valence-electron chi connectivity index (χ3n) is 2.34. The van der Waals surface area contributed by atoms with Gasteiger partial charge in [-0.2, -0.15) is 5.26 Å². The summed E-state index contributed by atoms with van der Waals surface area (Å²) >= 11 is 0. The zero-order valence-corrected chi connectivity index (χ0v) is 10.1. The van der Waals surface area contributed by atoms with Crippen molar-refractivity contribution in [1.29, 1.82) is 5.26 Å². The SMILES string of the molecule is CN(C)CCCN(C)c1cccc(C#N)n1. The molecule has 0 aliphatic heterocycles. The van der Waals surface area contributed by atoms with Crippen molar-refractivity contribution in [3.63, 3.8) is 0 Å². The van der Waals surface area contributed by atoms with Crippen LogP contribution in [-0.4, -0.2) is 44.1 Å². The van der Waals surface area contributed by atoms with Crippen molar-refractivity contribution in [3.8, 4) is 6.07 Å². The molecule has 0 aliphatic carbocycles. The minimum absolute atomic E-state index is 0.469. The van der Waals surface area contributed by atoms with Gasteiger partial charge in [-0.05, 0) is 39.2 Å². The van der Waals surface area contributed by atoms with Gasteiger partial charge in [-0.25, -0.2) is 4.98 Å². The minimum Gasteiger partial charge on any atom is -0.360 e. The number of nitriles is 1. The molecular weight excluding hydrogens is 200 g/mol. The lowest BCUT2D eigenvalue weighted by molar-refractivity contribution is 0.401. The van der Waals surface area contributed by atoms with E-state index in [4.69, 9.17) is 5.26 Å². The van der Waals surface area contributed by atoms with Crippen LogP contribution in [0.1, 0.15) is 12.1 Å². The van der Waals surface area contributed by atoms with Gasteiger partial charge in [-0.3, -0.25) is 0 Å². The standard InChI is InChI=1S/C12H18N4/c1-15(2)8-5-9-16(3)12-7-4-6-11(10-13)14-12/h4,6-7H,5,8-9H2,1-3H3. The average molecular weight is 218 g/mol. The van der Waals surface area contributed by atoms with Crippen molar-refractivity contribution in [3.05, 3.63) is 23.9 Å². The predicted octanol–water partition coefficient (Wildman–Crippen LogP) is 1.34. The normalized spacial score (nSPS) is 10.2. The number of hydrogen-bond donors (Lipinski definition) is 0. The van der Waals surface area contributed by atoms with Crippen molar-refractivity contribution in [2.24, 2.45) is 0 Å². The van der Waals surface area contributed by atoms with E-state index < -0.39 is 0 Å². The van der Waals surface area contributed by atoms with Crippen LogP contribution in [0.3, 0.4) is 0 Å². The average Bonchev–Trinajstić information content (AvgIpc) is 2.28. The molecule has 0 aliphatic rings. The second-order valence-electron chi connectivity index (χ2n) is 4.07. The zero-order valence-electron chi connectivity index (χ0n) is 10.1. The Morgan fingerprint density at radius 2 is 2.00 bits per heavy atom. The number of pyridine rings is 1. The molecule has 1 heterocycles. The Hall–Kier alpha value is -1.60. The van der Waals surface area contributed by atoms with E-state index >= 15 is 0 Å². The molecule has 16 heavy (non-hydrogen) atoms. The molecule has 0 saturated carbocycles. The molecular formula is C12H18N4. The number of aromatic nitrogens is 1. The van der Waals surface area contributed by atoms with Gasteiger partial charge in [0.1, 0.15) is 17.6 Å². The molecule has 0 radical (unpaired) electrons. The molecule has 0 spiro atoms. The molecule has 0 atom stereocenters. The molecule has 0 bridgehead atoms. The molecule has 1 aromatic heterocycles. The van der Waals surface area contributed by atoms with Gasteiger partial charge in [0, 0.05) is 13.6 Å². The van der Waals surface area contributed by atoms with Crippen LogP contribution in [0.5, 0.6) is 0 Å². The Kier molecular flexibility index (Phi) is 4.74. The smallest absolute Gasteiger partial charge is 0.142 e. The van der Waals surface area contributed by atoms with Gasteiger partial charge in [-0.15, -0.1) is 0 Å². The van der Waals surface area contributed by atoms with Crippen LogP contribution in [-0.2, 0) is 0 Å². The number of rotatable bonds is 5. The van der Waals surface area contributed by atoms with E-state index in [2.05, 4.69) is 34.9 Å². The molecule has 0 fully saturated rings. The quantitative estimate of drug-likeness (QED) is 0.748.